The lowest BCUT2D eigenvalue weighted by atomic mass is 10.2. The summed E-state index contributed by atoms with van der Waals surface area (Å²) >= 11 is 8.36. The maximum Gasteiger partial charge on any atom is 0.300 e. The molecule has 1 rings (SSSR count). The summed E-state index contributed by atoms with van der Waals surface area (Å²) in [6.45, 7) is 0. The summed E-state index contributed by atoms with van der Waals surface area (Å²) in [5, 5.41) is 0.00667. The van der Waals surface area contributed by atoms with Gasteiger partial charge in [-0.3, -0.25) is 4.79 Å². The van der Waals surface area contributed by atoms with Crippen molar-refractivity contribution in [1.29, 1.82) is 0 Å². The lowest BCUT2D eigenvalue weighted by molar-refractivity contribution is 0.0678. The number of pyridine rings is 1. The van der Waals surface area contributed by atoms with Crippen molar-refractivity contribution in [2.75, 3.05) is 0 Å². The third kappa shape index (κ3) is 2.45. The van der Waals surface area contributed by atoms with E-state index in [1.807, 2.05) is 0 Å². The number of aromatic nitrogens is 1. The smallest absolute Gasteiger partial charge is 0.288 e. The first-order valence-corrected chi connectivity index (χ1v) is 4.33. The monoisotopic (exact) mass is 269 g/mol. The fourth-order valence-corrected chi connectivity index (χ4v) is 1.29. The van der Waals surface area contributed by atoms with E-state index in [-0.39, 0.29) is 15.2 Å². The van der Waals surface area contributed by atoms with Gasteiger partial charge in [0.05, 0.1) is 0 Å². The fraction of sp³-hybridized carbons (Fsp3) is 0.143. The lowest BCUT2D eigenvalue weighted by Gasteiger charge is -2.01. The van der Waals surface area contributed by atoms with Crippen LogP contribution in [0.25, 0.3) is 0 Å². The molecule has 6 heteroatoms. The normalized spacial score (nSPS) is 10.5. The number of Topliss-reactive ketones (excluding diaryl/α,β-unsaturated/α-hetero) is 1. The van der Waals surface area contributed by atoms with E-state index < -0.39 is 12.2 Å². The predicted molar refractivity (Wildman–Crippen MR) is 47.3 cm³/mol. The number of carbonyl (C=O) groups is 1. The molecule has 0 radical (unpaired) electrons. The van der Waals surface area contributed by atoms with Crippen LogP contribution in [0.1, 0.15) is 10.4 Å². The summed E-state index contributed by atoms with van der Waals surface area (Å²) < 4.78 is 24.2. The van der Waals surface area contributed by atoms with Gasteiger partial charge in [0.25, 0.3) is 0 Å². The second kappa shape index (κ2) is 4.11. The average molecular weight is 270 g/mol. The van der Waals surface area contributed by atoms with Crippen molar-refractivity contribution in [1.82, 2.24) is 4.98 Å². The van der Waals surface area contributed by atoms with Crippen LogP contribution in [0.2, 0.25) is 5.15 Å². The highest BCUT2D eigenvalue weighted by Gasteiger charge is 2.20. The number of nitrogens with zero attached hydrogens (tertiary/aromatic N) is 1. The van der Waals surface area contributed by atoms with Crippen LogP contribution in [0.4, 0.5) is 8.78 Å². The second-order valence-corrected chi connectivity index (χ2v) is 3.39. The number of halogens is 4. The highest BCUT2D eigenvalue weighted by Crippen LogP contribution is 2.21. The van der Waals surface area contributed by atoms with Crippen molar-refractivity contribution >= 4 is 33.3 Å². The Kier molecular flexibility index (Phi) is 3.33. The molecule has 0 aliphatic carbocycles. The van der Waals surface area contributed by atoms with Gasteiger partial charge >= 0.3 is 6.43 Å². The van der Waals surface area contributed by atoms with Crippen molar-refractivity contribution in [2.45, 2.75) is 6.43 Å². The molecule has 70 valence electrons. The van der Waals surface area contributed by atoms with Crippen LogP contribution < -0.4 is 0 Å². The molecule has 0 N–H and O–H groups in total. The van der Waals surface area contributed by atoms with E-state index in [2.05, 4.69) is 20.9 Å². The second-order valence-electron chi connectivity index (χ2n) is 2.15. The number of hydrogen-bond donors (Lipinski definition) is 0. The van der Waals surface area contributed by atoms with E-state index in [4.69, 9.17) is 11.6 Å². The minimum atomic E-state index is -3.03. The Balaban J connectivity index is 3.13. The number of hydrogen-bond acceptors (Lipinski definition) is 2. The summed E-state index contributed by atoms with van der Waals surface area (Å²) in [5.41, 5.74) is -0.157. The molecule has 0 aliphatic heterocycles. The Morgan fingerprint density at radius 2 is 2.23 bits per heavy atom. The summed E-state index contributed by atoms with van der Waals surface area (Å²) in [7, 11) is 0. The van der Waals surface area contributed by atoms with Gasteiger partial charge in [-0.15, -0.1) is 0 Å². The van der Waals surface area contributed by atoms with E-state index in [1.54, 1.807) is 0 Å². The first kappa shape index (κ1) is 10.5. The Hall–Kier alpha value is -0.550. The molecule has 0 bridgehead atoms. The Morgan fingerprint density at radius 1 is 1.62 bits per heavy atom. The molecule has 2 nitrogen and oxygen atoms in total. The zero-order chi connectivity index (χ0) is 10.0. The average Bonchev–Trinajstić information content (AvgIpc) is 2.08. The maximum atomic E-state index is 12.0. The van der Waals surface area contributed by atoms with Gasteiger partial charge in [-0.05, 0) is 22.0 Å². The molecule has 1 heterocycles. The molecule has 0 saturated carbocycles. The zero-order valence-electron chi connectivity index (χ0n) is 6.10. The maximum absolute atomic E-state index is 12.0. The third-order valence-electron chi connectivity index (χ3n) is 1.29. The molecule has 1 aromatic rings. The number of carbonyl (C=O) groups excluding carboxylic acids is 1. The minimum Gasteiger partial charge on any atom is -0.288 e. The number of ketones is 1. The van der Waals surface area contributed by atoms with Gasteiger partial charge in [-0.1, -0.05) is 11.6 Å². The molecular formula is C7H3BrClF2NO. The Morgan fingerprint density at radius 3 is 2.77 bits per heavy atom. The van der Waals surface area contributed by atoms with E-state index in [0.717, 1.165) is 6.07 Å². The van der Waals surface area contributed by atoms with Crippen LogP contribution >= 0.6 is 27.5 Å². The molecule has 0 saturated heterocycles. The van der Waals surface area contributed by atoms with Gasteiger partial charge in [-0.2, -0.15) is 0 Å². The SMILES string of the molecule is O=C(c1cc(Cl)ncc1Br)C(F)F. The van der Waals surface area contributed by atoms with Crippen LogP contribution in [0.3, 0.4) is 0 Å². The van der Waals surface area contributed by atoms with Crippen molar-refractivity contribution in [2.24, 2.45) is 0 Å². The van der Waals surface area contributed by atoms with Gasteiger partial charge in [-0.25, -0.2) is 13.8 Å². The first-order chi connectivity index (χ1) is 6.02. The number of alkyl halides is 2. The van der Waals surface area contributed by atoms with Gasteiger partial charge < -0.3 is 0 Å². The van der Waals surface area contributed by atoms with E-state index in [0.29, 0.717) is 0 Å². The van der Waals surface area contributed by atoms with Gasteiger partial charge in [0.1, 0.15) is 5.15 Å². The van der Waals surface area contributed by atoms with Crippen LogP contribution in [0.15, 0.2) is 16.7 Å². The Bertz CT molecular complexity index is 345. The molecule has 1 aromatic heterocycles. The summed E-state index contributed by atoms with van der Waals surface area (Å²) in [4.78, 5) is 14.5. The molecular weight excluding hydrogens is 267 g/mol. The molecule has 0 aromatic carbocycles. The van der Waals surface area contributed by atoms with Crippen LogP contribution in [0, 0.1) is 0 Å². The standard InChI is InChI=1S/C7H3BrClF2NO/c8-4-2-12-5(9)1-3(4)6(13)7(10)11/h1-2,7H. The highest BCUT2D eigenvalue weighted by atomic mass is 79.9. The molecule has 0 aliphatic rings. The predicted octanol–water partition coefficient (Wildman–Crippen LogP) is 2.95. The molecule has 0 unspecified atom stereocenters. The van der Waals surface area contributed by atoms with Gasteiger partial charge in [0.2, 0.25) is 5.78 Å². The summed E-state index contributed by atoms with van der Waals surface area (Å²) in [6.07, 6.45) is -1.83. The van der Waals surface area contributed by atoms with E-state index >= 15 is 0 Å². The molecule has 0 fully saturated rings. The highest BCUT2D eigenvalue weighted by molar-refractivity contribution is 9.10. The third-order valence-corrected chi connectivity index (χ3v) is 2.12. The van der Waals surface area contributed by atoms with Crippen LogP contribution in [-0.4, -0.2) is 17.2 Å². The molecule has 0 amide bonds. The van der Waals surface area contributed by atoms with Crippen LogP contribution in [0.5, 0.6) is 0 Å². The minimum absolute atomic E-state index is 0.00667. The quantitative estimate of drug-likeness (QED) is 0.611. The topological polar surface area (TPSA) is 30.0 Å². The molecule has 13 heavy (non-hydrogen) atoms. The van der Waals surface area contributed by atoms with Crippen LogP contribution in [-0.2, 0) is 0 Å². The summed E-state index contributed by atoms with van der Waals surface area (Å²) in [5.74, 6) is -1.27. The van der Waals surface area contributed by atoms with Crippen molar-refractivity contribution in [3.8, 4) is 0 Å². The van der Waals surface area contributed by atoms with Crippen molar-refractivity contribution < 1.29 is 13.6 Å². The lowest BCUT2D eigenvalue weighted by Crippen LogP contribution is -2.11. The fourth-order valence-electron chi connectivity index (χ4n) is 0.720. The van der Waals surface area contributed by atoms with Gasteiger partial charge in [0, 0.05) is 16.2 Å². The summed E-state index contributed by atoms with van der Waals surface area (Å²) in [6, 6.07) is 1.10. The Labute approximate surface area is 86.0 Å². The zero-order valence-corrected chi connectivity index (χ0v) is 8.44. The first-order valence-electron chi connectivity index (χ1n) is 3.16. The number of rotatable bonds is 2. The molecule has 0 atom stereocenters. The van der Waals surface area contributed by atoms with E-state index in [9.17, 15) is 13.6 Å². The van der Waals surface area contributed by atoms with E-state index in [1.165, 1.54) is 6.20 Å². The van der Waals surface area contributed by atoms with Crippen molar-refractivity contribution in [3.63, 3.8) is 0 Å². The molecule has 0 spiro atoms. The van der Waals surface area contributed by atoms with Crippen molar-refractivity contribution in [3.05, 3.63) is 27.5 Å². The largest absolute Gasteiger partial charge is 0.300 e. The van der Waals surface area contributed by atoms with Gasteiger partial charge in [0.15, 0.2) is 0 Å².